The monoisotopic (exact) mass is 954 g/mol. The van der Waals surface area contributed by atoms with Crippen molar-refractivity contribution in [3.63, 3.8) is 0 Å². The molecule has 358 valence electrons. The molecule has 6 rings (SSSR count). The molecule has 0 spiro atoms. The van der Waals surface area contributed by atoms with Gasteiger partial charge < -0.3 is 18.9 Å². The number of benzene rings is 4. The molecule has 68 heavy (non-hydrogen) atoms. The molecule has 0 amide bonds. The molecule has 1 atom stereocenters. The Labute approximate surface area is 391 Å². The normalized spacial score (nSPS) is 12.2. The van der Waals surface area contributed by atoms with Crippen LogP contribution in [0.2, 0.25) is 0 Å². The zero-order valence-corrected chi connectivity index (χ0v) is 38.4. The van der Waals surface area contributed by atoms with Gasteiger partial charge in [-0.1, -0.05) is 69.3 Å². The number of nitrogens with one attached hydrogen (secondary N) is 1. The summed E-state index contributed by atoms with van der Waals surface area (Å²) >= 11 is 0. The van der Waals surface area contributed by atoms with E-state index in [1.54, 1.807) is 42.5 Å². The lowest BCUT2D eigenvalue weighted by atomic mass is 9.88. The zero-order valence-electron chi connectivity index (χ0n) is 37.6. The summed E-state index contributed by atoms with van der Waals surface area (Å²) in [7, 11) is -2.90. The maximum atomic E-state index is 14.2. The number of pyridine rings is 1. The van der Waals surface area contributed by atoms with Crippen LogP contribution in [0.15, 0.2) is 120 Å². The van der Waals surface area contributed by atoms with Gasteiger partial charge in [0, 0.05) is 11.8 Å². The Morgan fingerprint density at radius 1 is 0.765 bits per heavy atom. The first-order valence-corrected chi connectivity index (χ1v) is 22.3. The lowest BCUT2D eigenvalue weighted by Crippen LogP contribution is -2.26. The first kappa shape index (κ1) is 50.5. The van der Waals surface area contributed by atoms with Crippen molar-refractivity contribution in [1.82, 2.24) is 25.7 Å². The summed E-state index contributed by atoms with van der Waals surface area (Å²) in [5, 5.41) is 34.4. The van der Waals surface area contributed by atoms with Crippen molar-refractivity contribution in [3.8, 4) is 28.6 Å². The van der Waals surface area contributed by atoms with Gasteiger partial charge in [-0.05, 0) is 108 Å². The number of rotatable bonds is 21. The molecule has 21 heteroatoms. The first-order chi connectivity index (χ1) is 32.4. The van der Waals surface area contributed by atoms with Gasteiger partial charge in [0.05, 0.1) is 47.9 Å². The molecule has 2 heterocycles. The van der Waals surface area contributed by atoms with Crippen molar-refractivity contribution in [3.05, 3.63) is 154 Å². The number of carbonyl (C=O) groups is 2. The number of sulfonamides is 1. The van der Waals surface area contributed by atoms with Crippen molar-refractivity contribution >= 4 is 27.8 Å². The van der Waals surface area contributed by atoms with Gasteiger partial charge in [0.2, 0.25) is 0 Å². The van der Waals surface area contributed by atoms with Crippen LogP contribution in [0.4, 0.5) is 5.82 Å². The summed E-state index contributed by atoms with van der Waals surface area (Å²) in [6, 6.07) is 28.7. The Bertz CT molecular complexity index is 2750. The van der Waals surface area contributed by atoms with Gasteiger partial charge in [-0.15, -0.1) is 0 Å². The van der Waals surface area contributed by atoms with Crippen LogP contribution in [0, 0.1) is 6.92 Å². The highest BCUT2D eigenvalue weighted by molar-refractivity contribution is 7.92. The van der Waals surface area contributed by atoms with E-state index in [2.05, 4.69) is 19.4 Å². The Kier molecular flexibility index (Phi) is 16.9. The number of hydrogen-bond donors (Lipinski definition) is 5. The van der Waals surface area contributed by atoms with Crippen LogP contribution in [0.1, 0.15) is 75.9 Å². The van der Waals surface area contributed by atoms with Crippen molar-refractivity contribution in [2.45, 2.75) is 70.3 Å². The van der Waals surface area contributed by atoms with Crippen LogP contribution >= 0.6 is 0 Å². The predicted octanol–water partition coefficient (Wildman–Crippen LogP) is 7.79. The Morgan fingerprint density at radius 3 is 1.91 bits per heavy atom. The number of hydrogen-bond acceptors (Lipinski definition) is 19. The molecule has 0 bridgehead atoms. The SMILES string of the molecule is COc1ccc(-c2nc(CCC(COC(=O)c3ccc(CON(O)O)cc3)OC(=O)c3ccc(CON(O)O)cc3)c(Oc3ccccc3C)c(NS(=O)(=O)c3ccc(C(C)(C)C)cn3)n2)cc1. The molecule has 5 N–H and O–H groups in total. The van der Waals surface area contributed by atoms with E-state index in [-0.39, 0.29) is 70.7 Å². The molecular formula is C47H50N6O14S. The Morgan fingerprint density at radius 2 is 1.37 bits per heavy atom. The van der Waals surface area contributed by atoms with E-state index in [4.69, 9.17) is 49.7 Å². The summed E-state index contributed by atoms with van der Waals surface area (Å²) in [6.45, 7) is 6.87. The van der Waals surface area contributed by atoms with Crippen LogP contribution in [0.3, 0.4) is 0 Å². The molecule has 4 aromatic carbocycles. The number of carbonyl (C=O) groups excluding carboxylic acids is 2. The smallest absolute Gasteiger partial charge is 0.338 e. The van der Waals surface area contributed by atoms with Crippen molar-refractivity contribution in [2.75, 3.05) is 18.4 Å². The molecule has 0 saturated carbocycles. The first-order valence-electron chi connectivity index (χ1n) is 20.8. The van der Waals surface area contributed by atoms with E-state index < -0.39 is 45.5 Å². The number of methoxy groups -OCH3 is 1. The van der Waals surface area contributed by atoms with E-state index in [0.29, 0.717) is 33.8 Å². The average molecular weight is 955 g/mol. The van der Waals surface area contributed by atoms with Gasteiger partial charge in [-0.25, -0.2) is 34.2 Å². The quantitative estimate of drug-likeness (QED) is 0.0340. The fourth-order valence-corrected chi connectivity index (χ4v) is 7.28. The highest BCUT2D eigenvalue weighted by Gasteiger charge is 2.27. The number of nitrogens with zero attached hydrogens (tertiary/aromatic N) is 5. The number of aryl methyl sites for hydroxylation is 2. The van der Waals surface area contributed by atoms with Gasteiger partial charge in [-0.2, -0.15) is 8.42 Å². The Hall–Kier alpha value is -6.92. The fourth-order valence-electron chi connectivity index (χ4n) is 6.34. The maximum Gasteiger partial charge on any atom is 0.338 e. The van der Waals surface area contributed by atoms with E-state index >= 15 is 0 Å². The molecule has 6 aromatic rings. The van der Waals surface area contributed by atoms with Gasteiger partial charge in [0.1, 0.15) is 24.2 Å². The highest BCUT2D eigenvalue weighted by atomic mass is 32.2. The zero-order chi connectivity index (χ0) is 49.0. The standard InChI is InChI=1S/C47H50N6O14S/c1-30-8-6-7-9-40(30)67-42-39(49-43(33-18-21-37(62-5)22-19-33)50-44(42)51-68(60,61)41-25-20-36(26-48-41)47(2,3)4)24-23-38(66-46(55)35-16-12-32(13-17-35)28-65-53(58)59)29-63-45(54)34-14-10-31(11-15-34)27-64-52(56)57/h6-22,25-26,38,56-59H,23-24,27-29H2,1-5H3,(H,49,50,51). The topological polar surface area (TPSA) is 262 Å². The number of anilines is 1. The Balaban J connectivity index is 1.38. The minimum absolute atomic E-state index is 0.0614. The van der Waals surface area contributed by atoms with Crippen LogP contribution in [0.5, 0.6) is 17.2 Å². The minimum atomic E-state index is -4.41. The van der Waals surface area contributed by atoms with E-state index in [9.17, 15) is 18.0 Å². The van der Waals surface area contributed by atoms with Crippen LogP contribution in [-0.4, -0.2) is 86.7 Å². The minimum Gasteiger partial charge on any atom is -0.497 e. The molecule has 0 aliphatic carbocycles. The second kappa shape index (κ2) is 22.7. The second-order valence-corrected chi connectivity index (χ2v) is 17.7. The predicted molar refractivity (Wildman–Crippen MR) is 240 cm³/mol. The number of ether oxygens (including phenoxy) is 4. The van der Waals surface area contributed by atoms with Crippen LogP contribution in [-0.2, 0) is 54.2 Å². The third-order valence-corrected chi connectivity index (χ3v) is 11.4. The highest BCUT2D eigenvalue weighted by Crippen LogP contribution is 2.37. The third-order valence-electron chi connectivity index (χ3n) is 10.1. The van der Waals surface area contributed by atoms with Crippen molar-refractivity contribution in [2.24, 2.45) is 0 Å². The van der Waals surface area contributed by atoms with E-state index in [1.165, 1.54) is 67.9 Å². The molecule has 0 saturated heterocycles. The van der Waals surface area contributed by atoms with Gasteiger partial charge in [0.15, 0.2) is 22.4 Å². The molecule has 0 aliphatic heterocycles. The molecule has 1 unspecified atom stereocenters. The van der Waals surface area contributed by atoms with Gasteiger partial charge in [-0.3, -0.25) is 25.6 Å². The van der Waals surface area contributed by atoms with Crippen molar-refractivity contribution in [1.29, 1.82) is 0 Å². The van der Waals surface area contributed by atoms with Gasteiger partial charge in [0.25, 0.3) is 10.0 Å². The second-order valence-electron chi connectivity index (χ2n) is 16.1. The number of esters is 2. The molecule has 0 radical (unpaired) electrons. The molecule has 2 aromatic heterocycles. The molecule has 0 aliphatic rings. The molecule has 0 fully saturated rings. The fraction of sp³-hybridized carbons (Fsp3) is 0.255. The average Bonchev–Trinajstić information content (AvgIpc) is 3.32. The molecular weight excluding hydrogens is 905 g/mol. The number of para-hydroxylation sites is 1. The largest absolute Gasteiger partial charge is 0.497 e. The van der Waals surface area contributed by atoms with Crippen LogP contribution < -0.4 is 14.2 Å². The number of aromatic nitrogens is 3. The van der Waals surface area contributed by atoms with E-state index in [1.807, 2.05) is 39.8 Å². The summed E-state index contributed by atoms with van der Waals surface area (Å²) in [6.07, 6.45) is 0.232. The van der Waals surface area contributed by atoms with Crippen molar-refractivity contribution < 1.29 is 67.5 Å². The summed E-state index contributed by atoms with van der Waals surface area (Å²) in [5.74, 6) is -0.849. The lowest BCUT2D eigenvalue weighted by molar-refractivity contribution is -0.497. The third kappa shape index (κ3) is 14.1. The van der Waals surface area contributed by atoms with Crippen LogP contribution in [0.25, 0.3) is 11.4 Å². The maximum absolute atomic E-state index is 14.2. The summed E-state index contributed by atoms with van der Waals surface area (Å²) in [4.78, 5) is 50.2. The van der Waals surface area contributed by atoms with Gasteiger partial charge >= 0.3 is 11.9 Å². The lowest BCUT2D eigenvalue weighted by Gasteiger charge is -2.21. The van der Waals surface area contributed by atoms with E-state index in [0.717, 1.165) is 5.56 Å². The molecule has 20 nitrogen and oxygen atoms in total. The summed E-state index contributed by atoms with van der Waals surface area (Å²) < 4.78 is 54.4. The summed E-state index contributed by atoms with van der Waals surface area (Å²) in [5.41, 5.74) is 3.12.